The van der Waals surface area contributed by atoms with Crippen molar-refractivity contribution in [1.29, 1.82) is 0 Å². The smallest absolute Gasteiger partial charge is 0.0175 e. The molecule has 1 unspecified atom stereocenters. The predicted molar refractivity (Wildman–Crippen MR) is 81.9 cm³/mol. The Morgan fingerprint density at radius 2 is 1.83 bits per heavy atom. The average molecular weight is 310 g/mol. The third-order valence-electron chi connectivity index (χ3n) is 4.14. The van der Waals surface area contributed by atoms with Gasteiger partial charge in [0.25, 0.3) is 0 Å². The molecule has 1 atom stereocenters. The first-order valence-corrected chi connectivity index (χ1v) is 7.85. The molecule has 1 saturated carbocycles. The minimum Gasteiger partial charge on any atom is -0.313 e. The van der Waals surface area contributed by atoms with E-state index in [4.69, 9.17) is 0 Å². The molecule has 1 N–H and O–H groups in total. The predicted octanol–water partition coefficient (Wildman–Crippen LogP) is 4.55. The van der Waals surface area contributed by atoms with Crippen molar-refractivity contribution >= 4 is 15.9 Å². The Morgan fingerprint density at radius 1 is 1.22 bits per heavy atom. The molecule has 0 aliphatic heterocycles. The second-order valence-corrected chi connectivity index (χ2v) is 7.05. The van der Waals surface area contributed by atoms with E-state index in [9.17, 15) is 0 Å². The van der Waals surface area contributed by atoms with E-state index in [2.05, 4.69) is 59.4 Å². The van der Waals surface area contributed by atoms with E-state index in [0.29, 0.717) is 11.5 Å². The van der Waals surface area contributed by atoms with Crippen LogP contribution in [0.15, 0.2) is 28.7 Å². The van der Waals surface area contributed by atoms with E-state index in [0.717, 1.165) is 10.9 Å². The van der Waals surface area contributed by atoms with Gasteiger partial charge in [0.05, 0.1) is 0 Å². The number of hydrogen-bond acceptors (Lipinski definition) is 1. The highest BCUT2D eigenvalue weighted by Crippen LogP contribution is 2.36. The molecule has 1 aromatic carbocycles. The molecule has 2 rings (SSSR count). The van der Waals surface area contributed by atoms with Gasteiger partial charge in [0.2, 0.25) is 0 Å². The molecule has 1 aromatic rings. The van der Waals surface area contributed by atoms with Crippen molar-refractivity contribution in [3.63, 3.8) is 0 Å². The van der Waals surface area contributed by atoms with E-state index in [1.54, 1.807) is 0 Å². The molecule has 1 nitrogen and oxygen atoms in total. The summed E-state index contributed by atoms with van der Waals surface area (Å²) in [7, 11) is 0. The molecule has 1 aliphatic carbocycles. The molecule has 1 aliphatic rings. The molecular weight excluding hydrogens is 286 g/mol. The van der Waals surface area contributed by atoms with Gasteiger partial charge in [-0.25, -0.2) is 0 Å². The van der Waals surface area contributed by atoms with Gasteiger partial charge in [0, 0.05) is 17.1 Å². The van der Waals surface area contributed by atoms with Crippen LogP contribution in [0.25, 0.3) is 0 Å². The SMILES string of the molecule is CC(Cc1ccc(Br)cc1)NCC1(C)CCCC1. The molecule has 18 heavy (non-hydrogen) atoms. The van der Waals surface area contributed by atoms with Crippen molar-refractivity contribution in [3.05, 3.63) is 34.3 Å². The Kier molecular flexibility index (Phi) is 4.85. The molecule has 0 aromatic heterocycles. The summed E-state index contributed by atoms with van der Waals surface area (Å²) in [5.74, 6) is 0. The lowest BCUT2D eigenvalue weighted by Crippen LogP contribution is -2.36. The van der Waals surface area contributed by atoms with Crippen LogP contribution >= 0.6 is 15.9 Å². The van der Waals surface area contributed by atoms with Crippen LogP contribution in [0.3, 0.4) is 0 Å². The van der Waals surface area contributed by atoms with Crippen molar-refractivity contribution in [3.8, 4) is 0 Å². The molecular formula is C16H24BrN. The van der Waals surface area contributed by atoms with Crippen LogP contribution in [-0.4, -0.2) is 12.6 Å². The summed E-state index contributed by atoms with van der Waals surface area (Å²) in [5.41, 5.74) is 1.96. The Balaban J connectivity index is 1.78. The number of halogens is 1. The first-order valence-electron chi connectivity index (χ1n) is 7.05. The molecule has 0 radical (unpaired) electrons. The van der Waals surface area contributed by atoms with Crippen molar-refractivity contribution < 1.29 is 0 Å². The lowest BCUT2D eigenvalue weighted by molar-refractivity contribution is 0.300. The quantitative estimate of drug-likeness (QED) is 0.841. The normalized spacial score (nSPS) is 19.9. The van der Waals surface area contributed by atoms with Crippen LogP contribution < -0.4 is 5.32 Å². The molecule has 0 saturated heterocycles. The second kappa shape index (κ2) is 6.21. The van der Waals surface area contributed by atoms with E-state index in [1.165, 1.54) is 37.8 Å². The lowest BCUT2D eigenvalue weighted by Gasteiger charge is -2.26. The third-order valence-corrected chi connectivity index (χ3v) is 4.67. The van der Waals surface area contributed by atoms with Crippen molar-refractivity contribution in [2.75, 3.05) is 6.54 Å². The number of rotatable bonds is 5. The fourth-order valence-corrected chi connectivity index (χ4v) is 3.14. The van der Waals surface area contributed by atoms with Crippen molar-refractivity contribution in [2.45, 2.75) is 52.0 Å². The van der Waals surface area contributed by atoms with Gasteiger partial charge in [-0.15, -0.1) is 0 Å². The zero-order valence-electron chi connectivity index (χ0n) is 11.5. The standard InChI is InChI=1S/C16H24BrN/c1-13(11-14-5-7-15(17)8-6-14)18-12-16(2)9-3-4-10-16/h5-8,13,18H,3-4,9-12H2,1-2H3. The van der Waals surface area contributed by atoms with Gasteiger partial charge in [-0.1, -0.05) is 47.8 Å². The van der Waals surface area contributed by atoms with Gasteiger partial charge in [-0.2, -0.15) is 0 Å². The fourth-order valence-electron chi connectivity index (χ4n) is 2.87. The highest BCUT2D eigenvalue weighted by atomic mass is 79.9. The van der Waals surface area contributed by atoms with Gasteiger partial charge in [-0.3, -0.25) is 0 Å². The summed E-state index contributed by atoms with van der Waals surface area (Å²) in [6.45, 7) is 5.89. The second-order valence-electron chi connectivity index (χ2n) is 6.13. The molecule has 0 spiro atoms. The first kappa shape index (κ1) is 14.1. The number of nitrogens with one attached hydrogen (secondary N) is 1. The zero-order valence-corrected chi connectivity index (χ0v) is 13.1. The van der Waals surface area contributed by atoms with Crippen LogP contribution in [0.5, 0.6) is 0 Å². The zero-order chi connectivity index (χ0) is 13.0. The highest BCUT2D eigenvalue weighted by molar-refractivity contribution is 9.10. The monoisotopic (exact) mass is 309 g/mol. The lowest BCUT2D eigenvalue weighted by atomic mass is 9.88. The maximum atomic E-state index is 3.72. The molecule has 2 heteroatoms. The summed E-state index contributed by atoms with van der Waals surface area (Å²) >= 11 is 3.48. The largest absolute Gasteiger partial charge is 0.313 e. The van der Waals surface area contributed by atoms with E-state index in [-0.39, 0.29) is 0 Å². The van der Waals surface area contributed by atoms with Gasteiger partial charge in [-0.05, 0) is 49.3 Å². The van der Waals surface area contributed by atoms with Crippen LogP contribution in [0, 0.1) is 5.41 Å². The summed E-state index contributed by atoms with van der Waals surface area (Å²) in [5, 5.41) is 3.72. The molecule has 0 heterocycles. The topological polar surface area (TPSA) is 12.0 Å². The fraction of sp³-hybridized carbons (Fsp3) is 0.625. The van der Waals surface area contributed by atoms with Crippen LogP contribution in [0.2, 0.25) is 0 Å². The maximum absolute atomic E-state index is 3.72. The molecule has 0 amide bonds. The Hall–Kier alpha value is -0.340. The average Bonchev–Trinajstić information content (AvgIpc) is 2.78. The Bertz CT molecular complexity index is 365. The molecule has 1 fully saturated rings. The van der Waals surface area contributed by atoms with Crippen LogP contribution in [0.4, 0.5) is 0 Å². The Labute approximate surface area is 119 Å². The van der Waals surface area contributed by atoms with Gasteiger partial charge in [0.1, 0.15) is 0 Å². The summed E-state index contributed by atoms with van der Waals surface area (Å²) < 4.78 is 1.16. The molecule has 0 bridgehead atoms. The van der Waals surface area contributed by atoms with E-state index < -0.39 is 0 Å². The van der Waals surface area contributed by atoms with Gasteiger partial charge < -0.3 is 5.32 Å². The third kappa shape index (κ3) is 4.10. The van der Waals surface area contributed by atoms with Crippen LogP contribution in [-0.2, 0) is 6.42 Å². The van der Waals surface area contributed by atoms with Gasteiger partial charge in [0.15, 0.2) is 0 Å². The van der Waals surface area contributed by atoms with E-state index in [1.807, 2.05) is 0 Å². The summed E-state index contributed by atoms with van der Waals surface area (Å²) in [4.78, 5) is 0. The first-order chi connectivity index (χ1) is 8.57. The van der Waals surface area contributed by atoms with E-state index >= 15 is 0 Å². The highest BCUT2D eigenvalue weighted by Gasteiger charge is 2.28. The van der Waals surface area contributed by atoms with Crippen LogP contribution in [0.1, 0.15) is 45.1 Å². The van der Waals surface area contributed by atoms with Crippen molar-refractivity contribution in [1.82, 2.24) is 5.32 Å². The summed E-state index contributed by atoms with van der Waals surface area (Å²) in [6, 6.07) is 9.23. The van der Waals surface area contributed by atoms with Crippen molar-refractivity contribution in [2.24, 2.45) is 5.41 Å². The minimum absolute atomic E-state index is 0.550. The Morgan fingerprint density at radius 3 is 2.44 bits per heavy atom. The minimum atomic E-state index is 0.550. The van der Waals surface area contributed by atoms with Gasteiger partial charge >= 0.3 is 0 Å². The molecule has 100 valence electrons. The maximum Gasteiger partial charge on any atom is 0.0175 e. The number of hydrogen-bond donors (Lipinski definition) is 1. The summed E-state index contributed by atoms with van der Waals surface area (Å²) in [6.07, 6.45) is 6.73. The number of benzene rings is 1.